The Morgan fingerprint density at radius 2 is 1.91 bits per heavy atom. The maximum atomic E-state index is 14.5. The van der Waals surface area contributed by atoms with Crippen molar-refractivity contribution < 1.29 is 19.3 Å². The molecule has 0 amide bonds. The van der Waals surface area contributed by atoms with E-state index in [0.717, 1.165) is 18.4 Å². The number of fused-ring (bicyclic) bond motifs is 1. The molecule has 0 radical (unpaired) electrons. The van der Waals surface area contributed by atoms with Crippen molar-refractivity contribution in [2.75, 3.05) is 29.9 Å². The summed E-state index contributed by atoms with van der Waals surface area (Å²) in [7, 11) is 0. The van der Waals surface area contributed by atoms with Crippen LogP contribution in [0.15, 0.2) is 23.0 Å². The van der Waals surface area contributed by atoms with Gasteiger partial charge in [0, 0.05) is 29.9 Å². The van der Waals surface area contributed by atoms with Crippen molar-refractivity contribution in [2.24, 2.45) is 11.8 Å². The monoisotopic (exact) mass is 479 g/mol. The molecule has 7 nitrogen and oxygen atoms in total. The van der Waals surface area contributed by atoms with Crippen molar-refractivity contribution in [2.45, 2.75) is 52.3 Å². The molecule has 9 heteroatoms. The van der Waals surface area contributed by atoms with Crippen LogP contribution in [0.5, 0.6) is 5.88 Å². The Balaban J connectivity index is 0.00000149. The van der Waals surface area contributed by atoms with Gasteiger partial charge in [-0.2, -0.15) is 0 Å². The number of rotatable bonds is 8. The lowest BCUT2D eigenvalue weighted by molar-refractivity contribution is 0.0737. The van der Waals surface area contributed by atoms with Crippen LogP contribution in [-0.4, -0.2) is 39.9 Å². The Morgan fingerprint density at radius 1 is 1.21 bits per heavy atom. The first-order chi connectivity index (χ1) is 15.9. The van der Waals surface area contributed by atoms with Crippen molar-refractivity contribution in [3.05, 3.63) is 45.5 Å². The molecule has 0 saturated heterocycles. The average Bonchev–Trinajstić information content (AvgIpc) is 3.28. The van der Waals surface area contributed by atoms with Gasteiger partial charge in [-0.3, -0.25) is 9.36 Å². The third kappa shape index (κ3) is 5.31. The zero-order chi connectivity index (χ0) is 24.1. The molecule has 0 spiro atoms. The van der Waals surface area contributed by atoms with Crippen LogP contribution in [0.2, 0.25) is 0 Å². The van der Waals surface area contributed by atoms with Crippen molar-refractivity contribution >= 4 is 29.0 Å². The van der Waals surface area contributed by atoms with Crippen LogP contribution >= 0.6 is 11.9 Å². The molecule has 2 aromatic rings. The molecular formula is C24H34FN3O4S. The molecule has 1 aromatic carbocycles. The van der Waals surface area contributed by atoms with E-state index in [1.54, 1.807) is 17.6 Å². The lowest BCUT2D eigenvalue weighted by atomic mass is 9.76. The van der Waals surface area contributed by atoms with Crippen LogP contribution in [0.25, 0.3) is 0 Å². The molecule has 1 aliphatic carbocycles. The third-order valence-electron chi connectivity index (χ3n) is 6.18. The van der Waals surface area contributed by atoms with Gasteiger partial charge in [0.05, 0.1) is 17.9 Å². The maximum Gasteiger partial charge on any atom is 0.258 e. The predicted molar refractivity (Wildman–Crippen MR) is 132 cm³/mol. The molecule has 0 bridgehead atoms. The number of anilines is 3. The highest BCUT2D eigenvalue weighted by Gasteiger charge is 2.36. The Morgan fingerprint density at radius 3 is 2.55 bits per heavy atom. The van der Waals surface area contributed by atoms with Gasteiger partial charge in [0.25, 0.3) is 5.56 Å². The van der Waals surface area contributed by atoms with E-state index in [2.05, 4.69) is 10.0 Å². The summed E-state index contributed by atoms with van der Waals surface area (Å²) in [5, 5.41) is 22.1. The Hall–Kier alpha value is -2.23. The average molecular weight is 480 g/mol. The van der Waals surface area contributed by atoms with Gasteiger partial charge in [0.2, 0.25) is 5.88 Å². The minimum atomic E-state index is -0.389. The van der Waals surface area contributed by atoms with Gasteiger partial charge in [-0.05, 0) is 62.3 Å². The van der Waals surface area contributed by atoms with Crippen molar-refractivity contribution in [3.63, 3.8) is 0 Å². The summed E-state index contributed by atoms with van der Waals surface area (Å²) in [5.74, 6) is 0.289. The van der Waals surface area contributed by atoms with Gasteiger partial charge in [-0.25, -0.2) is 4.39 Å². The van der Waals surface area contributed by atoms with Crippen molar-refractivity contribution in [1.29, 1.82) is 0 Å². The van der Waals surface area contributed by atoms with E-state index in [1.807, 2.05) is 26.8 Å². The van der Waals surface area contributed by atoms with Crippen molar-refractivity contribution in [3.8, 4) is 5.88 Å². The smallest absolute Gasteiger partial charge is 0.258 e. The highest BCUT2D eigenvalue weighted by Crippen LogP contribution is 2.45. The second-order valence-corrected chi connectivity index (χ2v) is 9.40. The fraction of sp³-hybridized carbons (Fsp3) is 0.542. The number of nitrogens with zero attached hydrogens (tertiary/aromatic N) is 1. The molecule has 4 rings (SSSR count). The first kappa shape index (κ1) is 25.4. The quantitative estimate of drug-likeness (QED) is 0.421. The molecule has 33 heavy (non-hydrogen) atoms. The van der Waals surface area contributed by atoms with Crippen LogP contribution < -0.4 is 20.3 Å². The number of aromatic nitrogens is 1. The number of hydrogen-bond donors (Lipinski definition) is 4. The summed E-state index contributed by atoms with van der Waals surface area (Å²) < 4.78 is 25.2. The Labute approximate surface area is 198 Å². The van der Waals surface area contributed by atoms with E-state index < -0.39 is 0 Å². The summed E-state index contributed by atoms with van der Waals surface area (Å²) in [4.78, 5) is 12.8. The molecule has 2 heterocycles. The molecule has 1 aliphatic heterocycles. The largest absolute Gasteiger partial charge is 0.475 e. The van der Waals surface area contributed by atoms with Crippen LogP contribution in [0.1, 0.15) is 37.8 Å². The fourth-order valence-corrected chi connectivity index (χ4v) is 5.27. The minimum absolute atomic E-state index is 0.00961. The second kappa shape index (κ2) is 11.3. The molecule has 2 aliphatic rings. The maximum absolute atomic E-state index is 14.5. The predicted octanol–water partition coefficient (Wildman–Crippen LogP) is 4.21. The molecular weight excluding hydrogens is 445 g/mol. The molecule has 1 aromatic heterocycles. The minimum Gasteiger partial charge on any atom is -0.475 e. The van der Waals surface area contributed by atoms with Crippen LogP contribution in [0.4, 0.5) is 21.5 Å². The van der Waals surface area contributed by atoms with Gasteiger partial charge >= 0.3 is 0 Å². The zero-order valence-corrected chi connectivity index (χ0v) is 20.5. The third-order valence-corrected chi connectivity index (χ3v) is 7.22. The normalized spacial score (nSPS) is 18.7. The molecule has 0 unspecified atom stereocenters. The number of aliphatic hydroxyl groups excluding tert-OH is 2. The highest BCUT2D eigenvalue weighted by atomic mass is 32.2. The van der Waals surface area contributed by atoms with E-state index >= 15 is 0 Å². The van der Waals surface area contributed by atoms with Gasteiger partial charge < -0.3 is 25.0 Å². The fourth-order valence-electron chi connectivity index (χ4n) is 4.11. The van der Waals surface area contributed by atoms with E-state index in [1.165, 1.54) is 18.0 Å². The van der Waals surface area contributed by atoms with Gasteiger partial charge in [-0.1, -0.05) is 19.9 Å². The Kier molecular flexibility index (Phi) is 8.67. The number of halogens is 1. The lowest BCUT2D eigenvalue weighted by Crippen LogP contribution is -2.36. The van der Waals surface area contributed by atoms with Gasteiger partial charge in [0.15, 0.2) is 0 Å². The number of benzene rings is 1. The summed E-state index contributed by atoms with van der Waals surface area (Å²) in [6, 6.07) is 4.92. The van der Waals surface area contributed by atoms with Crippen LogP contribution in [0.3, 0.4) is 0 Å². The molecule has 0 atom stereocenters. The number of ether oxygens (including phenoxy) is 1. The molecule has 4 N–H and O–H groups in total. The topological polar surface area (TPSA) is 95.7 Å². The first-order valence-electron chi connectivity index (χ1n) is 11.5. The van der Waals surface area contributed by atoms with Crippen LogP contribution in [-0.2, 0) is 6.54 Å². The summed E-state index contributed by atoms with van der Waals surface area (Å²) in [5.41, 5.74) is 2.58. The standard InChI is InChI=1S/C22H28FN3O4S.C2H6/c1-12-3-4-18(17(23)7-12)24-19-13(2)21(29)26-5-6-30-22(26)20(19)25-31-16-8-14(9-16)15(10-27)11-28;1-2/h3-4,7,14-16,24-25,27-28H,5-6,8-11H2,1-2H3;1-2H3. The van der Waals surface area contributed by atoms with Gasteiger partial charge in [-0.15, -0.1) is 0 Å². The number of aliphatic hydroxyl groups is 2. The number of nitrogens with one attached hydrogen (secondary N) is 2. The lowest BCUT2D eigenvalue weighted by Gasteiger charge is -2.38. The number of hydrogen-bond acceptors (Lipinski definition) is 7. The summed E-state index contributed by atoms with van der Waals surface area (Å²) >= 11 is 1.53. The summed E-state index contributed by atoms with van der Waals surface area (Å²) in [6.45, 7) is 8.42. The molecule has 1 saturated carbocycles. The molecule has 1 fully saturated rings. The van der Waals surface area contributed by atoms with E-state index in [4.69, 9.17) is 4.74 Å². The summed E-state index contributed by atoms with van der Waals surface area (Å²) in [6.07, 6.45) is 1.77. The highest BCUT2D eigenvalue weighted by molar-refractivity contribution is 8.01. The van der Waals surface area contributed by atoms with Crippen LogP contribution in [0, 0.1) is 31.5 Å². The molecule has 182 valence electrons. The Bertz CT molecular complexity index is 1020. The van der Waals surface area contributed by atoms with E-state index in [0.29, 0.717) is 52.8 Å². The number of aryl methyl sites for hydroxylation is 1. The van der Waals surface area contributed by atoms with E-state index in [9.17, 15) is 19.4 Å². The van der Waals surface area contributed by atoms with E-state index in [-0.39, 0.29) is 30.5 Å². The first-order valence-corrected chi connectivity index (χ1v) is 12.4. The SMILES string of the molecule is CC.Cc1ccc(Nc2c(NSC3CC(C(CO)CO)C3)c3n(c(=O)c2C)CCO3)c(F)c1. The number of pyridine rings is 1. The van der Waals surface area contributed by atoms with Gasteiger partial charge in [0.1, 0.15) is 18.1 Å². The second-order valence-electron chi connectivity index (χ2n) is 8.29. The van der Waals surface area contributed by atoms with Crippen molar-refractivity contribution in [1.82, 2.24) is 4.57 Å². The zero-order valence-electron chi connectivity index (χ0n) is 19.7.